The van der Waals surface area contributed by atoms with Crippen molar-refractivity contribution in [1.29, 1.82) is 0 Å². The fourth-order valence-electron chi connectivity index (χ4n) is 2.29. The fraction of sp³-hybridized carbons (Fsp3) is 0.278. The van der Waals surface area contributed by atoms with Crippen LogP contribution in [-0.2, 0) is 4.74 Å². The maximum absolute atomic E-state index is 12.0. The van der Waals surface area contributed by atoms with Gasteiger partial charge in [0.25, 0.3) is 0 Å². The third-order valence-corrected chi connectivity index (χ3v) is 3.66. The molecule has 0 N–H and O–H groups in total. The predicted molar refractivity (Wildman–Crippen MR) is 94.0 cm³/mol. The Morgan fingerprint density at radius 3 is 2.54 bits per heavy atom. The van der Waals surface area contributed by atoms with Gasteiger partial charge in [-0.2, -0.15) is 0 Å². The van der Waals surface area contributed by atoms with Crippen molar-refractivity contribution in [2.45, 2.75) is 20.1 Å². The van der Waals surface area contributed by atoms with Crippen LogP contribution < -0.4 is 14.4 Å². The van der Waals surface area contributed by atoms with E-state index in [0.29, 0.717) is 17.3 Å². The highest BCUT2D eigenvalue weighted by atomic mass is 35.5. The van der Waals surface area contributed by atoms with Crippen LogP contribution in [0.4, 0.5) is 10.5 Å². The van der Waals surface area contributed by atoms with Gasteiger partial charge < -0.3 is 19.1 Å². The lowest BCUT2D eigenvalue weighted by Gasteiger charge is -2.29. The van der Waals surface area contributed by atoms with Crippen molar-refractivity contribution in [3.63, 3.8) is 0 Å². The standard InChI is InChI=1S/C18H20ClNO4/c1-4-20(15-8-6-9-16(12-15)22-3)13(2)23-18(21)24-17-10-5-7-14(19)11-17/h5-13H,4H2,1-3H3. The molecule has 0 spiro atoms. The van der Waals surface area contributed by atoms with E-state index in [4.69, 9.17) is 25.8 Å². The smallest absolute Gasteiger partial charge is 0.497 e. The summed E-state index contributed by atoms with van der Waals surface area (Å²) in [6.45, 7) is 4.41. The molecule has 1 unspecified atom stereocenters. The molecule has 0 amide bonds. The molecule has 2 aromatic rings. The number of ether oxygens (including phenoxy) is 3. The van der Waals surface area contributed by atoms with Crippen molar-refractivity contribution in [2.75, 3.05) is 18.6 Å². The minimum atomic E-state index is -0.786. The topological polar surface area (TPSA) is 48.0 Å². The van der Waals surface area contributed by atoms with Crippen LogP contribution in [0.3, 0.4) is 0 Å². The zero-order chi connectivity index (χ0) is 17.5. The molecule has 0 radical (unpaired) electrons. The highest BCUT2D eigenvalue weighted by molar-refractivity contribution is 6.30. The van der Waals surface area contributed by atoms with Crippen molar-refractivity contribution in [2.24, 2.45) is 0 Å². The van der Waals surface area contributed by atoms with Crippen LogP contribution in [0.15, 0.2) is 48.5 Å². The Morgan fingerprint density at radius 1 is 1.17 bits per heavy atom. The van der Waals surface area contributed by atoms with Gasteiger partial charge in [-0.05, 0) is 44.2 Å². The molecule has 0 bridgehead atoms. The lowest BCUT2D eigenvalue weighted by Crippen LogP contribution is -2.37. The molecule has 0 aliphatic heterocycles. The first kappa shape index (κ1) is 17.9. The number of carbonyl (C=O) groups is 1. The maximum Gasteiger partial charge on any atom is 0.515 e. The summed E-state index contributed by atoms with van der Waals surface area (Å²) in [6, 6.07) is 14.1. The lowest BCUT2D eigenvalue weighted by molar-refractivity contribution is 0.0645. The number of carbonyl (C=O) groups excluding carboxylic acids is 1. The number of hydrogen-bond donors (Lipinski definition) is 0. The summed E-state index contributed by atoms with van der Waals surface area (Å²) in [7, 11) is 1.61. The number of nitrogens with zero attached hydrogens (tertiary/aromatic N) is 1. The van der Waals surface area contributed by atoms with E-state index in [9.17, 15) is 4.79 Å². The van der Waals surface area contributed by atoms with Gasteiger partial charge in [0.05, 0.1) is 7.11 Å². The summed E-state index contributed by atoms with van der Waals surface area (Å²) in [5.74, 6) is 1.07. The molecule has 24 heavy (non-hydrogen) atoms. The average Bonchev–Trinajstić information content (AvgIpc) is 2.55. The second-order valence-electron chi connectivity index (χ2n) is 5.01. The number of anilines is 1. The zero-order valence-electron chi connectivity index (χ0n) is 13.9. The molecule has 0 saturated carbocycles. The molecule has 6 heteroatoms. The van der Waals surface area contributed by atoms with Crippen molar-refractivity contribution in [3.05, 3.63) is 53.6 Å². The minimum absolute atomic E-state index is 0.337. The predicted octanol–water partition coefficient (Wildman–Crippen LogP) is 4.74. The molecule has 5 nitrogen and oxygen atoms in total. The summed E-state index contributed by atoms with van der Waals surface area (Å²) < 4.78 is 15.7. The van der Waals surface area contributed by atoms with Crippen molar-refractivity contribution in [1.82, 2.24) is 0 Å². The molecule has 2 aromatic carbocycles. The second kappa shape index (κ2) is 8.45. The van der Waals surface area contributed by atoms with Gasteiger partial charge in [0.1, 0.15) is 11.5 Å². The third kappa shape index (κ3) is 4.80. The zero-order valence-corrected chi connectivity index (χ0v) is 14.6. The van der Waals surface area contributed by atoms with E-state index in [-0.39, 0.29) is 0 Å². The van der Waals surface area contributed by atoms with Gasteiger partial charge in [-0.1, -0.05) is 23.7 Å². The Balaban J connectivity index is 2.02. The number of halogens is 1. The van der Waals surface area contributed by atoms with Crippen LogP contribution in [-0.4, -0.2) is 26.0 Å². The Hall–Kier alpha value is -2.40. The first-order chi connectivity index (χ1) is 11.5. The number of methoxy groups -OCH3 is 1. The summed E-state index contributed by atoms with van der Waals surface area (Å²) in [5.41, 5.74) is 0.889. The van der Waals surface area contributed by atoms with E-state index in [1.165, 1.54) is 0 Å². The van der Waals surface area contributed by atoms with E-state index in [1.54, 1.807) is 38.3 Å². The summed E-state index contributed by atoms with van der Waals surface area (Å²) in [5, 5.41) is 0.486. The summed E-state index contributed by atoms with van der Waals surface area (Å²) >= 11 is 5.86. The largest absolute Gasteiger partial charge is 0.515 e. The van der Waals surface area contributed by atoms with Crippen LogP contribution in [0.5, 0.6) is 11.5 Å². The van der Waals surface area contributed by atoms with Crippen molar-refractivity contribution < 1.29 is 19.0 Å². The normalized spacial score (nSPS) is 11.5. The van der Waals surface area contributed by atoms with Gasteiger partial charge in [-0.3, -0.25) is 0 Å². The molecule has 0 saturated heterocycles. The van der Waals surface area contributed by atoms with Crippen LogP contribution >= 0.6 is 11.6 Å². The molecule has 1 atom stereocenters. The van der Waals surface area contributed by atoms with E-state index in [1.807, 2.05) is 36.1 Å². The first-order valence-corrected chi connectivity index (χ1v) is 7.96. The van der Waals surface area contributed by atoms with Gasteiger partial charge in [-0.25, -0.2) is 4.79 Å². The molecule has 2 rings (SSSR count). The number of benzene rings is 2. The van der Waals surface area contributed by atoms with Gasteiger partial charge >= 0.3 is 6.16 Å². The minimum Gasteiger partial charge on any atom is -0.497 e. The van der Waals surface area contributed by atoms with Crippen molar-refractivity contribution in [3.8, 4) is 11.5 Å². The quantitative estimate of drug-likeness (QED) is 0.428. The number of hydrogen-bond acceptors (Lipinski definition) is 5. The van der Waals surface area contributed by atoms with Gasteiger partial charge in [-0.15, -0.1) is 0 Å². The maximum atomic E-state index is 12.0. The van der Waals surface area contributed by atoms with Gasteiger partial charge in [0.2, 0.25) is 0 Å². The van der Waals surface area contributed by atoms with E-state index in [0.717, 1.165) is 11.4 Å². The van der Waals surface area contributed by atoms with Gasteiger partial charge in [0, 0.05) is 23.3 Å². The summed E-state index contributed by atoms with van der Waals surface area (Å²) in [4.78, 5) is 13.9. The van der Waals surface area contributed by atoms with Crippen LogP contribution in [0.1, 0.15) is 13.8 Å². The van der Waals surface area contributed by atoms with Crippen LogP contribution in [0.2, 0.25) is 5.02 Å². The summed E-state index contributed by atoms with van der Waals surface area (Å²) in [6.07, 6.45) is -1.29. The van der Waals surface area contributed by atoms with Gasteiger partial charge in [0.15, 0.2) is 6.23 Å². The van der Waals surface area contributed by atoms with E-state index >= 15 is 0 Å². The molecule has 0 aromatic heterocycles. The number of rotatable bonds is 6. The molecular formula is C18H20ClNO4. The molecule has 0 aliphatic carbocycles. The SMILES string of the molecule is CCN(c1cccc(OC)c1)C(C)OC(=O)Oc1cccc(Cl)c1. The third-order valence-electron chi connectivity index (χ3n) is 3.43. The Kier molecular flexibility index (Phi) is 6.32. The van der Waals surface area contributed by atoms with E-state index < -0.39 is 12.4 Å². The molecular weight excluding hydrogens is 330 g/mol. The second-order valence-corrected chi connectivity index (χ2v) is 5.45. The highest BCUT2D eigenvalue weighted by Gasteiger charge is 2.19. The van der Waals surface area contributed by atoms with Crippen LogP contribution in [0.25, 0.3) is 0 Å². The average molecular weight is 350 g/mol. The Labute approximate surface area is 146 Å². The molecule has 0 heterocycles. The highest BCUT2D eigenvalue weighted by Crippen LogP contribution is 2.23. The van der Waals surface area contributed by atoms with Crippen molar-refractivity contribution >= 4 is 23.4 Å². The molecule has 0 fully saturated rings. The fourth-order valence-corrected chi connectivity index (χ4v) is 2.47. The van der Waals surface area contributed by atoms with Crippen LogP contribution in [0, 0.1) is 0 Å². The Morgan fingerprint density at radius 2 is 1.88 bits per heavy atom. The molecule has 0 aliphatic rings. The first-order valence-electron chi connectivity index (χ1n) is 7.58. The Bertz CT molecular complexity index is 692. The lowest BCUT2D eigenvalue weighted by atomic mass is 10.2. The van der Waals surface area contributed by atoms with E-state index in [2.05, 4.69) is 0 Å². The monoisotopic (exact) mass is 349 g/mol. The molecule has 128 valence electrons.